The Kier molecular flexibility index (Phi) is 5.32. The highest BCUT2D eigenvalue weighted by Crippen LogP contribution is 2.39. The number of carbonyl (C=O) groups is 1. The van der Waals surface area contributed by atoms with E-state index in [9.17, 15) is 13.2 Å². The molecule has 0 radical (unpaired) electrons. The Morgan fingerprint density at radius 2 is 1.74 bits per heavy atom. The van der Waals surface area contributed by atoms with Crippen LogP contribution in [0.3, 0.4) is 0 Å². The molecule has 0 spiro atoms. The van der Waals surface area contributed by atoms with Gasteiger partial charge in [0.05, 0.1) is 9.92 Å². The van der Waals surface area contributed by atoms with Crippen LogP contribution in [-0.4, -0.2) is 51.5 Å². The lowest BCUT2D eigenvalue weighted by atomic mass is 10.0. The van der Waals surface area contributed by atoms with Crippen LogP contribution in [0.25, 0.3) is 0 Å². The number of hydrogen-bond acceptors (Lipinski definition) is 5. The van der Waals surface area contributed by atoms with Gasteiger partial charge < -0.3 is 14.4 Å². The SMILES string of the molecule is O=C(c1cc(Cl)c2c(c1)OCCO2)N1CCCc2cc(S(=O)(=O)N3CCCC3)ccc21. The standard InChI is InChI=1S/C22H23ClN2O5S/c23-18-13-16(14-20-21(18)30-11-10-29-20)22(26)25-9-3-4-15-12-17(5-6-19(15)25)31(27,28)24-7-1-2-8-24/h5-6,12-14H,1-4,7-11H2. The largest absolute Gasteiger partial charge is 0.486 e. The maximum atomic E-state index is 13.3. The zero-order chi connectivity index (χ0) is 21.6. The van der Waals surface area contributed by atoms with Gasteiger partial charge in [-0.05, 0) is 61.6 Å². The Balaban J connectivity index is 1.47. The normalized spacial score (nSPS) is 18.7. The van der Waals surface area contributed by atoms with Gasteiger partial charge in [0.1, 0.15) is 13.2 Å². The highest BCUT2D eigenvalue weighted by Gasteiger charge is 2.30. The van der Waals surface area contributed by atoms with Crippen molar-refractivity contribution < 1.29 is 22.7 Å². The molecule has 3 aliphatic rings. The van der Waals surface area contributed by atoms with E-state index in [4.69, 9.17) is 21.1 Å². The van der Waals surface area contributed by atoms with Crippen LogP contribution in [-0.2, 0) is 16.4 Å². The fourth-order valence-electron chi connectivity index (χ4n) is 4.41. The number of fused-ring (bicyclic) bond motifs is 2. The topological polar surface area (TPSA) is 76.1 Å². The number of ether oxygens (including phenoxy) is 2. The van der Waals surface area contributed by atoms with Crippen LogP contribution in [0.5, 0.6) is 11.5 Å². The summed E-state index contributed by atoms with van der Waals surface area (Å²) in [5.41, 5.74) is 2.02. The number of benzene rings is 2. The van der Waals surface area contributed by atoms with Gasteiger partial charge >= 0.3 is 0 Å². The van der Waals surface area contributed by atoms with E-state index in [0.29, 0.717) is 59.8 Å². The number of rotatable bonds is 3. The van der Waals surface area contributed by atoms with Crippen molar-refractivity contribution in [1.29, 1.82) is 0 Å². The predicted octanol–water partition coefficient (Wildman–Crippen LogP) is 3.49. The Morgan fingerprint density at radius 1 is 0.968 bits per heavy atom. The minimum Gasteiger partial charge on any atom is -0.486 e. The summed E-state index contributed by atoms with van der Waals surface area (Å²) < 4.78 is 38.5. The van der Waals surface area contributed by atoms with Gasteiger partial charge in [0.15, 0.2) is 11.5 Å². The summed E-state index contributed by atoms with van der Waals surface area (Å²) in [5.74, 6) is 0.724. The van der Waals surface area contributed by atoms with Crippen LogP contribution in [0.4, 0.5) is 5.69 Å². The maximum Gasteiger partial charge on any atom is 0.258 e. The van der Waals surface area contributed by atoms with Gasteiger partial charge in [-0.2, -0.15) is 4.31 Å². The van der Waals surface area contributed by atoms with Crippen molar-refractivity contribution in [2.45, 2.75) is 30.6 Å². The summed E-state index contributed by atoms with van der Waals surface area (Å²) in [6.45, 7) is 2.50. The molecule has 0 saturated carbocycles. The molecular formula is C22H23ClN2O5S. The quantitative estimate of drug-likeness (QED) is 0.697. The minimum atomic E-state index is -3.50. The molecule has 5 rings (SSSR count). The van der Waals surface area contributed by atoms with Crippen LogP contribution in [0.2, 0.25) is 5.02 Å². The maximum absolute atomic E-state index is 13.3. The van der Waals surface area contributed by atoms with Crippen molar-refractivity contribution >= 4 is 33.2 Å². The predicted molar refractivity (Wildman–Crippen MR) is 117 cm³/mol. The first-order chi connectivity index (χ1) is 14.9. The highest BCUT2D eigenvalue weighted by atomic mass is 35.5. The average Bonchev–Trinajstić information content (AvgIpc) is 3.34. The minimum absolute atomic E-state index is 0.199. The average molecular weight is 463 g/mol. The number of anilines is 1. The van der Waals surface area contributed by atoms with Crippen LogP contribution < -0.4 is 14.4 Å². The van der Waals surface area contributed by atoms with Crippen molar-refractivity contribution in [3.05, 3.63) is 46.5 Å². The molecule has 164 valence electrons. The molecule has 0 aromatic heterocycles. The molecule has 1 amide bonds. The summed E-state index contributed by atoms with van der Waals surface area (Å²) >= 11 is 6.32. The van der Waals surface area contributed by atoms with E-state index in [1.807, 2.05) is 0 Å². The Labute approximate surface area is 186 Å². The summed E-state index contributed by atoms with van der Waals surface area (Å²) in [4.78, 5) is 15.3. The van der Waals surface area contributed by atoms with Gasteiger partial charge in [-0.15, -0.1) is 0 Å². The van der Waals surface area contributed by atoms with E-state index in [-0.39, 0.29) is 5.91 Å². The molecule has 3 heterocycles. The zero-order valence-corrected chi connectivity index (χ0v) is 18.5. The monoisotopic (exact) mass is 462 g/mol. The van der Waals surface area contributed by atoms with E-state index in [0.717, 1.165) is 36.9 Å². The first-order valence-corrected chi connectivity index (χ1v) is 12.3. The Bertz CT molecular complexity index is 1140. The third-order valence-electron chi connectivity index (χ3n) is 5.96. The molecule has 0 N–H and O–H groups in total. The fraction of sp³-hybridized carbons (Fsp3) is 0.409. The number of hydrogen-bond donors (Lipinski definition) is 0. The van der Waals surface area contributed by atoms with Gasteiger partial charge in [0.25, 0.3) is 5.91 Å². The van der Waals surface area contributed by atoms with Crippen LogP contribution >= 0.6 is 11.6 Å². The summed E-state index contributed by atoms with van der Waals surface area (Å²) in [7, 11) is -3.50. The van der Waals surface area contributed by atoms with Gasteiger partial charge in [0, 0.05) is 30.9 Å². The molecule has 7 nitrogen and oxygen atoms in total. The van der Waals surface area contributed by atoms with Crippen molar-refractivity contribution in [2.75, 3.05) is 37.7 Å². The lowest BCUT2D eigenvalue weighted by molar-refractivity contribution is 0.0984. The van der Waals surface area contributed by atoms with Gasteiger partial charge in [-0.1, -0.05) is 11.6 Å². The number of halogens is 1. The molecular weight excluding hydrogens is 440 g/mol. The van der Waals surface area contributed by atoms with E-state index in [2.05, 4.69) is 0 Å². The summed E-state index contributed by atoms with van der Waals surface area (Å²) in [5, 5.41) is 0.338. The molecule has 3 aliphatic heterocycles. The first kappa shape index (κ1) is 20.6. The smallest absolute Gasteiger partial charge is 0.258 e. The second-order valence-electron chi connectivity index (χ2n) is 7.94. The molecule has 0 unspecified atom stereocenters. The van der Waals surface area contributed by atoms with Crippen molar-refractivity contribution in [2.24, 2.45) is 0 Å². The summed E-state index contributed by atoms with van der Waals surface area (Å²) in [6.07, 6.45) is 3.27. The second-order valence-corrected chi connectivity index (χ2v) is 10.3. The molecule has 0 atom stereocenters. The van der Waals surface area contributed by atoms with Crippen molar-refractivity contribution in [3.63, 3.8) is 0 Å². The molecule has 2 aromatic rings. The third-order valence-corrected chi connectivity index (χ3v) is 8.14. The summed E-state index contributed by atoms with van der Waals surface area (Å²) in [6, 6.07) is 8.32. The highest BCUT2D eigenvalue weighted by molar-refractivity contribution is 7.89. The van der Waals surface area contributed by atoms with Gasteiger partial charge in [-0.3, -0.25) is 4.79 Å². The van der Waals surface area contributed by atoms with Gasteiger partial charge in [0.2, 0.25) is 10.0 Å². The molecule has 1 fully saturated rings. The zero-order valence-electron chi connectivity index (χ0n) is 17.0. The molecule has 0 aliphatic carbocycles. The van der Waals surface area contributed by atoms with E-state index < -0.39 is 10.0 Å². The Morgan fingerprint density at radius 3 is 2.55 bits per heavy atom. The van der Waals surface area contributed by atoms with Crippen molar-refractivity contribution in [1.82, 2.24) is 4.31 Å². The van der Waals surface area contributed by atoms with E-state index in [1.165, 1.54) is 4.31 Å². The van der Waals surface area contributed by atoms with Crippen LogP contribution in [0.15, 0.2) is 35.2 Å². The number of carbonyl (C=O) groups excluding carboxylic acids is 1. The van der Waals surface area contributed by atoms with E-state index >= 15 is 0 Å². The lowest BCUT2D eigenvalue weighted by Crippen LogP contribution is -2.36. The number of aryl methyl sites for hydroxylation is 1. The number of amides is 1. The Hall–Kier alpha value is -2.29. The number of nitrogens with zero attached hydrogens (tertiary/aromatic N) is 2. The van der Waals surface area contributed by atoms with E-state index in [1.54, 1.807) is 35.2 Å². The first-order valence-electron chi connectivity index (χ1n) is 10.5. The molecule has 9 heteroatoms. The third kappa shape index (κ3) is 3.66. The van der Waals surface area contributed by atoms with Gasteiger partial charge in [-0.25, -0.2) is 8.42 Å². The second kappa shape index (κ2) is 8.00. The fourth-order valence-corrected chi connectivity index (χ4v) is 6.25. The van der Waals surface area contributed by atoms with Crippen LogP contribution in [0.1, 0.15) is 35.2 Å². The van der Waals surface area contributed by atoms with Crippen LogP contribution in [0, 0.1) is 0 Å². The molecule has 2 aromatic carbocycles. The lowest BCUT2D eigenvalue weighted by Gasteiger charge is -2.30. The molecule has 0 bridgehead atoms. The molecule has 31 heavy (non-hydrogen) atoms. The van der Waals surface area contributed by atoms with Crippen molar-refractivity contribution in [3.8, 4) is 11.5 Å². The number of sulfonamides is 1. The molecule has 1 saturated heterocycles.